The highest BCUT2D eigenvalue weighted by Crippen LogP contribution is 2.37. The standard InChI is InChI=1S/C19H19ClN4O6/c1-19(2,3)30-18(28)11-8-12(29-17(27)9-5-4-6-10(20)7-9)15(25)14-13(22-23-21)16(26)24(11)14/h4-8,12-15,25H,1-3H3/t12-,13+,14+,15-/m1/s1. The normalized spacial score (nSPS) is 25.3. The van der Waals surface area contributed by atoms with Crippen LogP contribution in [0.25, 0.3) is 10.4 Å². The molecule has 1 aromatic rings. The van der Waals surface area contributed by atoms with Crippen molar-refractivity contribution in [2.75, 3.05) is 0 Å². The van der Waals surface area contributed by atoms with Gasteiger partial charge >= 0.3 is 11.9 Å². The molecule has 0 aliphatic carbocycles. The predicted octanol–water partition coefficient (Wildman–Crippen LogP) is 2.36. The molecule has 0 spiro atoms. The van der Waals surface area contributed by atoms with Crippen molar-refractivity contribution in [3.8, 4) is 0 Å². The monoisotopic (exact) mass is 434 g/mol. The van der Waals surface area contributed by atoms with E-state index in [0.717, 1.165) is 11.0 Å². The van der Waals surface area contributed by atoms with Crippen molar-refractivity contribution < 1.29 is 29.0 Å². The summed E-state index contributed by atoms with van der Waals surface area (Å²) in [4.78, 5) is 41.1. The van der Waals surface area contributed by atoms with Gasteiger partial charge in [-0.15, -0.1) is 0 Å². The summed E-state index contributed by atoms with van der Waals surface area (Å²) < 4.78 is 10.7. The number of carbonyl (C=O) groups excluding carboxylic acids is 3. The second-order valence-electron chi connectivity index (χ2n) is 7.77. The SMILES string of the molecule is CC(C)(C)OC(=O)C1=C[C@@H](OC(=O)c2cccc(Cl)c2)[C@@H](O)[C@@H]2[C@H](N=[N+]=[N-])C(=O)N12. The Morgan fingerprint density at radius 3 is 2.60 bits per heavy atom. The van der Waals surface area contributed by atoms with Gasteiger partial charge in [0.1, 0.15) is 23.4 Å². The van der Waals surface area contributed by atoms with Crippen LogP contribution in [-0.2, 0) is 19.1 Å². The van der Waals surface area contributed by atoms with Gasteiger partial charge < -0.3 is 14.6 Å². The Morgan fingerprint density at radius 2 is 2.00 bits per heavy atom. The summed E-state index contributed by atoms with van der Waals surface area (Å²) in [6.45, 7) is 4.95. The third-order valence-corrected chi connectivity index (χ3v) is 4.70. The summed E-state index contributed by atoms with van der Waals surface area (Å²) in [5.74, 6) is -2.29. The molecule has 1 saturated heterocycles. The van der Waals surface area contributed by atoms with Gasteiger partial charge in [-0.05, 0) is 50.6 Å². The zero-order valence-electron chi connectivity index (χ0n) is 16.4. The summed E-state index contributed by atoms with van der Waals surface area (Å²) in [5, 5.41) is 14.4. The highest BCUT2D eigenvalue weighted by Gasteiger charge is 2.58. The van der Waals surface area contributed by atoms with Crippen LogP contribution in [0.5, 0.6) is 0 Å². The highest BCUT2D eigenvalue weighted by molar-refractivity contribution is 6.30. The molecule has 2 heterocycles. The molecule has 1 aromatic carbocycles. The van der Waals surface area contributed by atoms with Gasteiger partial charge in [0.15, 0.2) is 6.10 Å². The molecule has 0 unspecified atom stereocenters. The lowest BCUT2D eigenvalue weighted by molar-refractivity contribution is -0.168. The summed E-state index contributed by atoms with van der Waals surface area (Å²) in [6.07, 6.45) is -1.56. The van der Waals surface area contributed by atoms with Gasteiger partial charge in [-0.2, -0.15) is 0 Å². The molecule has 3 rings (SSSR count). The number of esters is 2. The topological polar surface area (TPSA) is 142 Å². The number of ether oxygens (including phenoxy) is 2. The Hall–Kier alpha value is -3.07. The number of aliphatic hydroxyl groups excluding tert-OH is 1. The summed E-state index contributed by atoms with van der Waals surface area (Å²) in [5.41, 5.74) is 7.80. The van der Waals surface area contributed by atoms with Crippen molar-refractivity contribution in [3.05, 3.63) is 57.1 Å². The van der Waals surface area contributed by atoms with Crippen molar-refractivity contribution in [2.45, 2.75) is 50.7 Å². The largest absolute Gasteiger partial charge is 0.455 e. The first-order valence-corrected chi connectivity index (χ1v) is 9.38. The molecule has 10 nitrogen and oxygen atoms in total. The van der Waals surface area contributed by atoms with E-state index in [9.17, 15) is 19.5 Å². The maximum Gasteiger partial charge on any atom is 0.355 e. The number of amides is 1. The van der Waals surface area contributed by atoms with Crippen LogP contribution < -0.4 is 0 Å². The van der Waals surface area contributed by atoms with Gasteiger partial charge in [0, 0.05) is 9.93 Å². The van der Waals surface area contributed by atoms with E-state index in [1.54, 1.807) is 32.9 Å². The molecule has 30 heavy (non-hydrogen) atoms. The molecule has 2 aliphatic heterocycles. The van der Waals surface area contributed by atoms with Crippen LogP contribution in [0.2, 0.25) is 5.02 Å². The Labute approximate surface area is 176 Å². The van der Waals surface area contributed by atoms with Gasteiger partial charge in [-0.25, -0.2) is 9.59 Å². The molecule has 2 aliphatic rings. The number of fused-ring (bicyclic) bond motifs is 1. The lowest BCUT2D eigenvalue weighted by Gasteiger charge is -2.51. The van der Waals surface area contributed by atoms with Gasteiger partial charge in [0.2, 0.25) is 5.91 Å². The van der Waals surface area contributed by atoms with E-state index in [1.807, 2.05) is 0 Å². The van der Waals surface area contributed by atoms with Crippen molar-refractivity contribution >= 4 is 29.4 Å². The molecule has 4 atom stereocenters. The minimum absolute atomic E-state index is 0.139. The van der Waals surface area contributed by atoms with Crippen molar-refractivity contribution in [2.24, 2.45) is 5.11 Å². The molecule has 1 fully saturated rings. The number of aliphatic hydroxyl groups is 1. The number of nitrogens with zero attached hydrogens (tertiary/aromatic N) is 4. The van der Waals surface area contributed by atoms with Crippen LogP contribution >= 0.6 is 11.6 Å². The first-order chi connectivity index (χ1) is 14.0. The third-order valence-electron chi connectivity index (χ3n) is 4.47. The lowest BCUT2D eigenvalue weighted by atomic mass is 9.83. The van der Waals surface area contributed by atoms with E-state index in [0.29, 0.717) is 5.02 Å². The van der Waals surface area contributed by atoms with E-state index >= 15 is 0 Å². The van der Waals surface area contributed by atoms with Crippen LogP contribution in [0.4, 0.5) is 0 Å². The number of β-lactam (4-membered cyclic amide) rings is 1. The van der Waals surface area contributed by atoms with Crippen LogP contribution in [0, 0.1) is 0 Å². The molecule has 0 saturated carbocycles. The maximum atomic E-state index is 12.6. The zero-order chi connectivity index (χ0) is 22.2. The third kappa shape index (κ3) is 4.11. The number of azide groups is 1. The fourth-order valence-electron chi connectivity index (χ4n) is 3.22. The molecular weight excluding hydrogens is 416 g/mol. The maximum absolute atomic E-state index is 12.6. The van der Waals surface area contributed by atoms with Crippen LogP contribution in [0.3, 0.4) is 0 Å². The lowest BCUT2D eigenvalue weighted by Crippen LogP contribution is -2.72. The number of hydrogen-bond donors (Lipinski definition) is 1. The molecule has 1 N–H and O–H groups in total. The Morgan fingerprint density at radius 1 is 1.30 bits per heavy atom. The van der Waals surface area contributed by atoms with Gasteiger partial charge in [-0.1, -0.05) is 22.8 Å². The highest BCUT2D eigenvalue weighted by atomic mass is 35.5. The minimum Gasteiger partial charge on any atom is -0.455 e. The van der Waals surface area contributed by atoms with E-state index < -0.39 is 47.7 Å². The molecular formula is C19H19ClN4O6. The van der Waals surface area contributed by atoms with Crippen LogP contribution in [0.1, 0.15) is 31.1 Å². The number of hydrogen-bond acceptors (Lipinski definition) is 7. The average molecular weight is 435 g/mol. The molecule has 0 bridgehead atoms. The van der Waals surface area contributed by atoms with Crippen molar-refractivity contribution in [3.63, 3.8) is 0 Å². The molecule has 158 valence electrons. The Kier molecular flexibility index (Phi) is 5.76. The molecule has 1 amide bonds. The van der Waals surface area contributed by atoms with Gasteiger partial charge in [0.25, 0.3) is 0 Å². The van der Waals surface area contributed by atoms with E-state index in [-0.39, 0.29) is 11.3 Å². The first-order valence-electron chi connectivity index (χ1n) is 9.00. The number of carbonyl (C=O) groups is 3. The second-order valence-corrected chi connectivity index (χ2v) is 8.21. The minimum atomic E-state index is -1.42. The Balaban J connectivity index is 1.94. The molecule has 11 heteroatoms. The number of rotatable bonds is 4. The molecule has 0 aromatic heterocycles. The fraction of sp³-hybridized carbons (Fsp3) is 0.421. The fourth-order valence-corrected chi connectivity index (χ4v) is 3.41. The Bertz CT molecular complexity index is 981. The zero-order valence-corrected chi connectivity index (χ0v) is 17.1. The predicted molar refractivity (Wildman–Crippen MR) is 104 cm³/mol. The van der Waals surface area contributed by atoms with E-state index in [2.05, 4.69) is 10.0 Å². The van der Waals surface area contributed by atoms with E-state index in [1.165, 1.54) is 12.1 Å². The number of benzene rings is 1. The van der Waals surface area contributed by atoms with E-state index in [4.69, 9.17) is 26.6 Å². The second kappa shape index (κ2) is 7.98. The van der Waals surface area contributed by atoms with Crippen molar-refractivity contribution in [1.29, 1.82) is 0 Å². The molecule has 0 radical (unpaired) electrons. The number of halogens is 1. The average Bonchev–Trinajstić information content (AvgIpc) is 2.65. The van der Waals surface area contributed by atoms with Gasteiger partial charge in [0.05, 0.1) is 11.6 Å². The quantitative estimate of drug-likeness (QED) is 0.253. The summed E-state index contributed by atoms with van der Waals surface area (Å²) in [7, 11) is 0. The van der Waals surface area contributed by atoms with Crippen molar-refractivity contribution in [1.82, 2.24) is 4.90 Å². The van der Waals surface area contributed by atoms with Crippen LogP contribution in [0.15, 0.2) is 41.2 Å². The smallest absolute Gasteiger partial charge is 0.355 e. The van der Waals surface area contributed by atoms with Crippen LogP contribution in [-0.4, -0.2) is 57.7 Å². The first kappa shape index (κ1) is 21.6. The summed E-state index contributed by atoms with van der Waals surface area (Å²) in [6, 6.07) is 3.70. The van der Waals surface area contributed by atoms with Gasteiger partial charge in [-0.3, -0.25) is 9.69 Å². The summed E-state index contributed by atoms with van der Waals surface area (Å²) >= 11 is 5.89.